The second-order valence-corrected chi connectivity index (χ2v) is 6.27. The van der Waals surface area contributed by atoms with E-state index in [1.165, 1.54) is 17.4 Å². The van der Waals surface area contributed by atoms with Crippen LogP contribution in [0.1, 0.15) is 23.9 Å². The third-order valence-electron chi connectivity index (χ3n) is 3.37. The predicted molar refractivity (Wildman–Crippen MR) is 97.4 cm³/mol. The maximum atomic E-state index is 10.8. The van der Waals surface area contributed by atoms with Gasteiger partial charge in [0.1, 0.15) is 10.8 Å². The summed E-state index contributed by atoms with van der Waals surface area (Å²) in [5.41, 5.74) is 1.90. The molecule has 3 rings (SSSR count). The molecule has 5 nitrogen and oxygen atoms in total. The molecule has 0 amide bonds. The van der Waals surface area contributed by atoms with E-state index in [-0.39, 0.29) is 5.69 Å². The Morgan fingerprint density at radius 1 is 1.21 bits per heavy atom. The summed E-state index contributed by atoms with van der Waals surface area (Å²) in [5, 5.41) is 11.6. The molecule has 0 atom stereocenters. The first-order valence-electron chi connectivity index (χ1n) is 7.61. The third kappa shape index (κ3) is 3.78. The van der Waals surface area contributed by atoms with Crippen molar-refractivity contribution in [2.45, 2.75) is 13.3 Å². The van der Waals surface area contributed by atoms with Crippen LogP contribution in [0.15, 0.2) is 42.5 Å². The molecule has 2 aromatic carbocycles. The minimum Gasteiger partial charge on any atom is -0.494 e. The smallest absolute Gasteiger partial charge is 0.270 e. The number of nitrogens with zero attached hydrogens (tertiary/aromatic N) is 2. The Hall–Kier alpha value is -2.73. The van der Waals surface area contributed by atoms with Crippen LogP contribution < -0.4 is 4.74 Å². The molecular formula is C18H16N2O3S. The van der Waals surface area contributed by atoms with Gasteiger partial charge in [-0.25, -0.2) is 4.98 Å². The molecule has 0 aliphatic carbocycles. The van der Waals surface area contributed by atoms with Crippen LogP contribution in [0.25, 0.3) is 22.4 Å². The zero-order valence-corrected chi connectivity index (χ0v) is 14.0. The topological polar surface area (TPSA) is 65.3 Å². The van der Waals surface area contributed by atoms with Crippen molar-refractivity contribution < 1.29 is 9.66 Å². The Balaban J connectivity index is 1.76. The van der Waals surface area contributed by atoms with E-state index in [1.807, 2.05) is 36.4 Å². The minimum absolute atomic E-state index is 0.0874. The summed E-state index contributed by atoms with van der Waals surface area (Å²) in [4.78, 5) is 14.9. The summed E-state index contributed by atoms with van der Waals surface area (Å²) in [5.74, 6) is 0.862. The van der Waals surface area contributed by atoms with Gasteiger partial charge in [0.15, 0.2) is 0 Å². The fourth-order valence-corrected chi connectivity index (χ4v) is 3.08. The fourth-order valence-electron chi connectivity index (χ4n) is 2.18. The summed E-state index contributed by atoms with van der Waals surface area (Å²) in [6.07, 6.45) is 4.87. The number of hydrogen-bond acceptors (Lipinski definition) is 5. The monoisotopic (exact) mass is 340 g/mol. The highest BCUT2D eigenvalue weighted by Gasteiger charge is 2.09. The van der Waals surface area contributed by atoms with Gasteiger partial charge >= 0.3 is 0 Å². The first kappa shape index (κ1) is 16.1. The molecule has 0 saturated carbocycles. The molecule has 0 bridgehead atoms. The van der Waals surface area contributed by atoms with Gasteiger partial charge in [-0.2, -0.15) is 0 Å². The SMILES string of the molecule is CCCOc1ccc(C=Cc2nc3ccc([N+](=O)[O-])cc3s2)cc1. The summed E-state index contributed by atoms with van der Waals surface area (Å²) in [7, 11) is 0. The number of ether oxygens (including phenoxy) is 1. The quantitative estimate of drug-likeness (QED) is 0.459. The van der Waals surface area contributed by atoms with Gasteiger partial charge in [-0.15, -0.1) is 11.3 Å². The molecule has 0 fully saturated rings. The normalized spacial score (nSPS) is 11.2. The highest BCUT2D eigenvalue weighted by Crippen LogP contribution is 2.27. The van der Waals surface area contributed by atoms with Gasteiger partial charge in [-0.05, 0) is 36.3 Å². The molecule has 0 aliphatic rings. The molecule has 3 aromatic rings. The van der Waals surface area contributed by atoms with Gasteiger partial charge in [-0.3, -0.25) is 10.1 Å². The lowest BCUT2D eigenvalue weighted by molar-refractivity contribution is -0.384. The van der Waals surface area contributed by atoms with Crippen molar-refractivity contribution in [2.24, 2.45) is 0 Å². The van der Waals surface area contributed by atoms with Crippen molar-refractivity contribution in [3.8, 4) is 5.75 Å². The average Bonchev–Trinajstić information content (AvgIpc) is 3.01. The summed E-state index contributed by atoms with van der Waals surface area (Å²) < 4.78 is 6.37. The van der Waals surface area contributed by atoms with E-state index in [0.717, 1.165) is 33.0 Å². The molecule has 0 saturated heterocycles. The Labute approximate surface area is 143 Å². The Morgan fingerprint density at radius 2 is 2.00 bits per heavy atom. The lowest BCUT2D eigenvalue weighted by Gasteiger charge is -2.03. The van der Waals surface area contributed by atoms with Crippen LogP contribution in [-0.2, 0) is 0 Å². The lowest BCUT2D eigenvalue weighted by atomic mass is 10.2. The number of aromatic nitrogens is 1. The van der Waals surface area contributed by atoms with Gasteiger partial charge in [-0.1, -0.05) is 25.1 Å². The van der Waals surface area contributed by atoms with Crippen LogP contribution in [0.4, 0.5) is 5.69 Å². The molecular weight excluding hydrogens is 324 g/mol. The predicted octanol–water partition coefficient (Wildman–Crippen LogP) is 5.16. The van der Waals surface area contributed by atoms with Gasteiger partial charge < -0.3 is 4.74 Å². The molecule has 0 radical (unpaired) electrons. The van der Waals surface area contributed by atoms with E-state index in [0.29, 0.717) is 6.61 Å². The van der Waals surface area contributed by atoms with Gasteiger partial charge in [0.05, 0.1) is 21.7 Å². The molecule has 122 valence electrons. The number of nitro benzene ring substituents is 1. The van der Waals surface area contributed by atoms with Crippen LogP contribution in [0.2, 0.25) is 0 Å². The van der Waals surface area contributed by atoms with Gasteiger partial charge in [0, 0.05) is 12.1 Å². The Bertz CT molecular complexity index is 885. The van der Waals surface area contributed by atoms with Crippen LogP contribution in [0.3, 0.4) is 0 Å². The number of benzene rings is 2. The van der Waals surface area contributed by atoms with E-state index in [9.17, 15) is 10.1 Å². The van der Waals surface area contributed by atoms with Crippen LogP contribution in [0, 0.1) is 10.1 Å². The molecule has 0 spiro atoms. The summed E-state index contributed by atoms with van der Waals surface area (Å²) in [6, 6.07) is 12.6. The molecule has 1 heterocycles. The summed E-state index contributed by atoms with van der Waals surface area (Å²) >= 11 is 1.44. The maximum Gasteiger partial charge on any atom is 0.270 e. The Morgan fingerprint density at radius 3 is 2.71 bits per heavy atom. The first-order valence-corrected chi connectivity index (χ1v) is 8.43. The van der Waals surface area contributed by atoms with Crippen LogP contribution in [-0.4, -0.2) is 16.5 Å². The molecule has 1 aromatic heterocycles. The van der Waals surface area contributed by atoms with E-state index >= 15 is 0 Å². The number of non-ortho nitro benzene ring substituents is 1. The van der Waals surface area contributed by atoms with E-state index in [4.69, 9.17) is 4.74 Å². The molecule has 24 heavy (non-hydrogen) atoms. The van der Waals surface area contributed by atoms with Crippen molar-refractivity contribution in [1.82, 2.24) is 4.98 Å². The maximum absolute atomic E-state index is 10.8. The van der Waals surface area contributed by atoms with Crippen molar-refractivity contribution in [3.05, 3.63) is 63.1 Å². The summed E-state index contributed by atoms with van der Waals surface area (Å²) in [6.45, 7) is 2.79. The minimum atomic E-state index is -0.392. The van der Waals surface area contributed by atoms with Crippen molar-refractivity contribution in [2.75, 3.05) is 6.61 Å². The van der Waals surface area contributed by atoms with Crippen LogP contribution >= 0.6 is 11.3 Å². The standard InChI is InChI=1S/C18H16N2O3S/c1-2-11-23-15-7-3-13(4-8-15)5-10-18-19-16-9-6-14(20(21)22)12-17(16)24-18/h3-10,12H,2,11H2,1H3. The van der Waals surface area contributed by atoms with Crippen molar-refractivity contribution in [1.29, 1.82) is 0 Å². The third-order valence-corrected chi connectivity index (χ3v) is 4.35. The first-order chi connectivity index (χ1) is 11.7. The molecule has 6 heteroatoms. The van der Waals surface area contributed by atoms with E-state index < -0.39 is 4.92 Å². The van der Waals surface area contributed by atoms with E-state index in [2.05, 4.69) is 11.9 Å². The highest BCUT2D eigenvalue weighted by atomic mass is 32.1. The van der Waals surface area contributed by atoms with Gasteiger partial charge in [0.25, 0.3) is 5.69 Å². The van der Waals surface area contributed by atoms with Crippen LogP contribution in [0.5, 0.6) is 5.75 Å². The van der Waals surface area contributed by atoms with E-state index in [1.54, 1.807) is 12.1 Å². The number of fused-ring (bicyclic) bond motifs is 1. The second kappa shape index (κ2) is 7.23. The molecule has 0 N–H and O–H groups in total. The number of rotatable bonds is 6. The molecule has 0 aliphatic heterocycles. The van der Waals surface area contributed by atoms with Crippen molar-refractivity contribution in [3.63, 3.8) is 0 Å². The highest BCUT2D eigenvalue weighted by molar-refractivity contribution is 7.19. The lowest BCUT2D eigenvalue weighted by Crippen LogP contribution is -1.94. The molecule has 0 unspecified atom stereocenters. The Kier molecular flexibility index (Phi) is 4.86. The fraction of sp³-hybridized carbons (Fsp3) is 0.167. The van der Waals surface area contributed by atoms with Gasteiger partial charge in [0.2, 0.25) is 0 Å². The average molecular weight is 340 g/mol. The number of hydrogen-bond donors (Lipinski definition) is 0. The zero-order chi connectivity index (χ0) is 16.9. The number of nitro groups is 1. The second-order valence-electron chi connectivity index (χ2n) is 5.21. The number of thiazole rings is 1. The largest absolute Gasteiger partial charge is 0.494 e. The zero-order valence-electron chi connectivity index (χ0n) is 13.1. The van der Waals surface area contributed by atoms with Crippen molar-refractivity contribution >= 4 is 39.4 Å².